The molecule has 1 heterocycles. The van der Waals surface area contributed by atoms with E-state index in [1.54, 1.807) is 11.0 Å². The first-order chi connectivity index (χ1) is 26.4. The first kappa shape index (κ1) is 39.0. The van der Waals surface area contributed by atoms with Crippen molar-refractivity contribution in [2.45, 2.75) is 128 Å². The second-order valence-electron chi connectivity index (χ2n) is 18.3. The zero-order valence-electron chi connectivity index (χ0n) is 32.6. The highest BCUT2D eigenvalue weighted by Gasteiger charge is 2.70. The Morgan fingerprint density at radius 2 is 1.55 bits per heavy atom. The van der Waals surface area contributed by atoms with Crippen molar-refractivity contribution in [2.24, 2.45) is 40.9 Å². The maximum Gasteiger partial charge on any atom is 0.315 e. The van der Waals surface area contributed by atoms with E-state index in [1.807, 2.05) is 30.3 Å². The number of urea groups is 1. The summed E-state index contributed by atoms with van der Waals surface area (Å²) < 4.78 is 0. The Morgan fingerprint density at radius 1 is 0.891 bits per heavy atom. The number of amides is 6. The third-order valence-electron chi connectivity index (χ3n) is 14.1. The number of nitrogens with zero attached hydrogens (tertiary/aromatic N) is 1. The van der Waals surface area contributed by atoms with Crippen LogP contribution in [0.25, 0.3) is 0 Å². The molecule has 12 nitrogen and oxygen atoms in total. The summed E-state index contributed by atoms with van der Waals surface area (Å²) in [4.78, 5) is 83.6. The molecule has 6 saturated carbocycles. The fourth-order valence-corrected chi connectivity index (χ4v) is 11.6. The summed E-state index contributed by atoms with van der Waals surface area (Å²) in [5, 5.41) is 14.5. The third-order valence-corrected chi connectivity index (χ3v) is 14.1. The average Bonchev–Trinajstić information content (AvgIpc) is 3.46. The predicted octanol–water partition coefficient (Wildman–Crippen LogP) is 4.14. The van der Waals surface area contributed by atoms with E-state index in [0.29, 0.717) is 30.7 Å². The van der Waals surface area contributed by atoms with Crippen molar-refractivity contribution in [3.63, 3.8) is 0 Å². The molecular weight excluding hydrogens is 697 g/mol. The van der Waals surface area contributed by atoms with E-state index in [0.717, 1.165) is 56.9 Å². The molecule has 1 aliphatic heterocycles. The Bertz CT molecular complexity index is 1620. The molecule has 55 heavy (non-hydrogen) atoms. The molecule has 6 amide bonds. The zero-order valence-corrected chi connectivity index (χ0v) is 32.6. The molecule has 0 spiro atoms. The molecule has 8 rings (SSSR count). The SMILES string of the molecule is C=CCC[C@@H](NC(=O)[C@@H]1C2C(CN1C(=O)[C@@H](NC(=O)NC13CC4CC(CC(C4)C1)C3)C1CCCCC1)C2(C)C)C(=O)C(=O)NCC(=O)NCc1ccccc1. The highest BCUT2D eigenvalue weighted by molar-refractivity contribution is 6.38. The lowest BCUT2D eigenvalue weighted by Gasteiger charge is -2.56. The maximum atomic E-state index is 14.8. The summed E-state index contributed by atoms with van der Waals surface area (Å²) >= 11 is 0. The molecule has 1 aromatic carbocycles. The van der Waals surface area contributed by atoms with Crippen LogP contribution in [0.5, 0.6) is 0 Å². The van der Waals surface area contributed by atoms with Gasteiger partial charge in [-0.05, 0) is 111 Å². The van der Waals surface area contributed by atoms with Gasteiger partial charge in [0, 0.05) is 18.6 Å². The van der Waals surface area contributed by atoms with Crippen LogP contribution in [0.3, 0.4) is 0 Å². The molecule has 1 saturated heterocycles. The van der Waals surface area contributed by atoms with Crippen molar-refractivity contribution >= 4 is 35.4 Å². The van der Waals surface area contributed by atoms with Gasteiger partial charge in [0.15, 0.2) is 0 Å². The van der Waals surface area contributed by atoms with E-state index in [2.05, 4.69) is 47.0 Å². The predicted molar refractivity (Wildman–Crippen MR) is 207 cm³/mol. The van der Waals surface area contributed by atoms with Crippen molar-refractivity contribution < 1.29 is 28.8 Å². The lowest BCUT2D eigenvalue weighted by molar-refractivity contribution is -0.145. The van der Waals surface area contributed by atoms with E-state index >= 15 is 0 Å². The minimum absolute atomic E-state index is 0.0347. The number of likely N-dealkylation sites (tertiary alicyclic amines) is 1. The van der Waals surface area contributed by atoms with Crippen molar-refractivity contribution in [3.8, 4) is 0 Å². The molecule has 5 atom stereocenters. The van der Waals surface area contributed by atoms with Gasteiger partial charge in [-0.2, -0.15) is 0 Å². The van der Waals surface area contributed by atoms with Gasteiger partial charge >= 0.3 is 6.03 Å². The average molecular weight is 757 g/mol. The van der Waals surface area contributed by atoms with Gasteiger partial charge in [0.1, 0.15) is 12.1 Å². The summed E-state index contributed by atoms with van der Waals surface area (Å²) in [5.74, 6) is -1.08. The number of carbonyl (C=O) groups excluding carboxylic acids is 6. The highest BCUT2D eigenvalue weighted by Crippen LogP contribution is 2.65. The molecular formula is C43H60N6O6. The quantitative estimate of drug-likeness (QED) is 0.133. The molecule has 4 bridgehead atoms. The minimum Gasteiger partial charge on any atom is -0.350 e. The van der Waals surface area contributed by atoms with Crippen molar-refractivity contribution in [2.75, 3.05) is 13.1 Å². The number of hydrogen-bond donors (Lipinski definition) is 5. The van der Waals surface area contributed by atoms with E-state index < -0.39 is 48.2 Å². The van der Waals surface area contributed by atoms with Crippen molar-refractivity contribution in [1.29, 1.82) is 0 Å². The third kappa shape index (κ3) is 8.48. The van der Waals surface area contributed by atoms with Crippen molar-refractivity contribution in [1.82, 2.24) is 31.5 Å². The van der Waals surface area contributed by atoms with E-state index in [9.17, 15) is 28.8 Å². The summed E-state index contributed by atoms with van der Waals surface area (Å²) in [6.07, 6.45) is 13.6. The van der Waals surface area contributed by atoms with Crippen LogP contribution in [-0.2, 0) is 30.5 Å². The Balaban J connectivity index is 1.02. The van der Waals surface area contributed by atoms with Crippen molar-refractivity contribution in [3.05, 3.63) is 48.6 Å². The highest BCUT2D eigenvalue weighted by atomic mass is 16.2. The van der Waals surface area contributed by atoms with Crippen LogP contribution in [0.1, 0.15) is 103 Å². The molecule has 7 fully saturated rings. The van der Waals surface area contributed by atoms with E-state index in [1.165, 1.54) is 19.3 Å². The number of carbonyl (C=O) groups is 6. The topological polar surface area (TPSA) is 166 Å². The van der Waals surface area contributed by atoms with Gasteiger partial charge in [-0.25, -0.2) is 4.79 Å². The zero-order chi connectivity index (χ0) is 38.9. The van der Waals surface area contributed by atoms with E-state index in [-0.39, 0.29) is 53.6 Å². The number of benzene rings is 1. The molecule has 6 aliphatic carbocycles. The van der Waals surface area contributed by atoms with Gasteiger partial charge in [0.2, 0.25) is 23.5 Å². The molecule has 5 N–H and O–H groups in total. The largest absolute Gasteiger partial charge is 0.350 e. The fraction of sp³-hybridized carbons (Fsp3) is 0.674. The fourth-order valence-electron chi connectivity index (χ4n) is 11.6. The number of rotatable bonds is 15. The van der Waals surface area contributed by atoms with Gasteiger partial charge in [-0.3, -0.25) is 24.0 Å². The molecule has 298 valence electrons. The Hall–Kier alpha value is -4.22. The van der Waals surface area contributed by atoms with Crippen LogP contribution in [0, 0.1) is 40.9 Å². The van der Waals surface area contributed by atoms with Crippen LogP contribution in [-0.4, -0.2) is 77.1 Å². The monoisotopic (exact) mass is 756 g/mol. The van der Waals surface area contributed by atoms with Crippen LogP contribution < -0.4 is 26.6 Å². The Labute approximate surface area is 325 Å². The number of piperidine rings is 1. The first-order valence-electron chi connectivity index (χ1n) is 20.8. The smallest absolute Gasteiger partial charge is 0.315 e. The Kier molecular flexibility index (Phi) is 11.4. The lowest BCUT2D eigenvalue weighted by atomic mass is 9.53. The van der Waals surface area contributed by atoms with Crippen LogP contribution in [0.4, 0.5) is 4.79 Å². The standard InChI is InChI=1S/C43H60N6O6/c1-4-5-16-32(37(51)39(53)45-24-33(50)44-23-26-12-8-6-9-13-26)46-38(52)36-34-31(42(34,2)3)25-49(36)40(54)35(30-14-10-7-11-15-30)47-41(55)48-43-20-27-17-28(21-43)19-29(18-27)22-43/h4,6,8-9,12-13,27-32,34-36H,1,5,7,10-11,14-25H2,2-3H3,(H,44,50)(H,45,53)(H,46,52)(H2,47,48,55)/t27?,28?,29?,31?,32-,34?,35+,36+,43?/m1/s1. The summed E-state index contributed by atoms with van der Waals surface area (Å²) in [7, 11) is 0. The van der Waals surface area contributed by atoms with Gasteiger partial charge in [0.05, 0.1) is 12.6 Å². The summed E-state index contributed by atoms with van der Waals surface area (Å²) in [6, 6.07) is 6.26. The first-order valence-corrected chi connectivity index (χ1v) is 20.8. The van der Waals surface area contributed by atoms with Gasteiger partial charge in [0.25, 0.3) is 5.91 Å². The van der Waals surface area contributed by atoms with Crippen LogP contribution >= 0.6 is 0 Å². The van der Waals surface area contributed by atoms with Gasteiger partial charge in [-0.15, -0.1) is 6.58 Å². The molecule has 7 aliphatic rings. The number of Topliss-reactive ketones (excluding diaryl/α,β-unsaturated/α-hetero) is 1. The van der Waals surface area contributed by atoms with Crippen LogP contribution in [0.2, 0.25) is 0 Å². The minimum atomic E-state index is -1.17. The number of hydrogen-bond acceptors (Lipinski definition) is 6. The molecule has 12 heteroatoms. The Morgan fingerprint density at radius 3 is 2.18 bits per heavy atom. The van der Waals surface area contributed by atoms with Gasteiger partial charge in [-0.1, -0.05) is 69.5 Å². The summed E-state index contributed by atoms with van der Waals surface area (Å²) in [5.41, 5.74) is 0.507. The van der Waals surface area contributed by atoms with Crippen LogP contribution in [0.15, 0.2) is 43.0 Å². The number of nitrogens with one attached hydrogen (secondary N) is 5. The maximum absolute atomic E-state index is 14.8. The lowest BCUT2D eigenvalue weighted by Crippen LogP contribution is -2.64. The normalized spacial score (nSPS) is 31.0. The second kappa shape index (κ2) is 16.1. The number of allylic oxidation sites excluding steroid dienone is 1. The second-order valence-corrected chi connectivity index (χ2v) is 18.3. The molecule has 2 unspecified atom stereocenters. The number of fused-ring (bicyclic) bond motifs is 1. The van der Waals surface area contributed by atoms with Gasteiger partial charge < -0.3 is 31.5 Å². The van der Waals surface area contributed by atoms with E-state index in [4.69, 9.17) is 0 Å². The summed E-state index contributed by atoms with van der Waals surface area (Å²) in [6.45, 7) is 8.21. The molecule has 1 aromatic rings. The number of ketones is 1. The molecule has 0 radical (unpaired) electrons. The molecule has 0 aromatic heterocycles.